The number of nitrogens with one attached hydrogen (secondary N) is 1. The van der Waals surface area contributed by atoms with Crippen molar-refractivity contribution in [3.8, 4) is 5.75 Å². The van der Waals surface area contributed by atoms with E-state index < -0.39 is 16.1 Å². The van der Waals surface area contributed by atoms with Crippen molar-refractivity contribution in [2.45, 2.75) is 30.7 Å². The normalized spacial score (nSPS) is 17.6. The first-order valence-corrected chi connectivity index (χ1v) is 10.5. The van der Waals surface area contributed by atoms with Crippen molar-refractivity contribution in [2.24, 2.45) is 0 Å². The molecule has 0 aliphatic carbocycles. The van der Waals surface area contributed by atoms with Crippen LogP contribution in [-0.2, 0) is 14.8 Å². The van der Waals surface area contributed by atoms with Gasteiger partial charge in [0.1, 0.15) is 11.8 Å². The summed E-state index contributed by atoms with van der Waals surface area (Å²) in [4.78, 5) is 12.8. The highest BCUT2D eigenvalue weighted by Gasteiger charge is 2.39. The molecule has 8 heteroatoms. The Kier molecular flexibility index (Phi) is 6.04. The Morgan fingerprint density at radius 2 is 1.85 bits per heavy atom. The molecule has 1 heterocycles. The van der Waals surface area contributed by atoms with Crippen LogP contribution in [0.3, 0.4) is 0 Å². The maximum Gasteiger partial charge on any atom is 0.243 e. The Bertz CT molecular complexity index is 898. The van der Waals surface area contributed by atoms with Gasteiger partial charge in [-0.3, -0.25) is 4.79 Å². The van der Waals surface area contributed by atoms with E-state index in [1.165, 1.54) is 28.6 Å². The van der Waals surface area contributed by atoms with Gasteiger partial charge in [0.05, 0.1) is 11.5 Å². The van der Waals surface area contributed by atoms with Crippen LogP contribution < -0.4 is 10.1 Å². The van der Waals surface area contributed by atoms with E-state index in [4.69, 9.17) is 16.3 Å². The first kappa shape index (κ1) is 19.7. The van der Waals surface area contributed by atoms with Crippen LogP contribution in [0.1, 0.15) is 19.8 Å². The highest BCUT2D eigenvalue weighted by atomic mass is 35.5. The lowest BCUT2D eigenvalue weighted by Gasteiger charge is -2.23. The summed E-state index contributed by atoms with van der Waals surface area (Å²) in [6.45, 7) is 2.77. The SMILES string of the molecule is CCOc1ccc(NC(=O)C2CCCN2S(=O)(=O)c2ccc(Cl)cc2)cc1. The van der Waals surface area contributed by atoms with Crippen molar-refractivity contribution in [2.75, 3.05) is 18.5 Å². The number of hydrogen-bond acceptors (Lipinski definition) is 4. The lowest BCUT2D eigenvalue weighted by molar-refractivity contribution is -0.119. The van der Waals surface area contributed by atoms with E-state index in [0.717, 1.165) is 0 Å². The molecular formula is C19H21ClN2O4S. The van der Waals surface area contributed by atoms with Crippen molar-refractivity contribution in [3.05, 3.63) is 53.6 Å². The zero-order valence-corrected chi connectivity index (χ0v) is 16.5. The number of carbonyl (C=O) groups is 1. The van der Waals surface area contributed by atoms with E-state index >= 15 is 0 Å². The van der Waals surface area contributed by atoms with Gasteiger partial charge < -0.3 is 10.1 Å². The fourth-order valence-electron chi connectivity index (χ4n) is 3.06. The van der Waals surface area contributed by atoms with Crippen LogP contribution in [0.15, 0.2) is 53.4 Å². The minimum absolute atomic E-state index is 0.132. The molecule has 1 fully saturated rings. The molecule has 0 aromatic heterocycles. The van der Waals surface area contributed by atoms with Gasteiger partial charge in [-0.2, -0.15) is 4.31 Å². The predicted molar refractivity (Wildman–Crippen MR) is 105 cm³/mol. The molecule has 0 radical (unpaired) electrons. The monoisotopic (exact) mass is 408 g/mol. The topological polar surface area (TPSA) is 75.7 Å². The second-order valence-electron chi connectivity index (χ2n) is 6.17. The van der Waals surface area contributed by atoms with Crippen molar-refractivity contribution < 1.29 is 17.9 Å². The van der Waals surface area contributed by atoms with Crippen molar-refractivity contribution in [3.63, 3.8) is 0 Å². The Morgan fingerprint density at radius 1 is 1.19 bits per heavy atom. The zero-order valence-electron chi connectivity index (χ0n) is 14.9. The molecule has 1 aliphatic rings. The Balaban J connectivity index is 1.75. The molecule has 1 N–H and O–H groups in total. The molecule has 3 rings (SSSR count). The fraction of sp³-hybridized carbons (Fsp3) is 0.316. The van der Waals surface area contributed by atoms with E-state index in [2.05, 4.69) is 5.32 Å². The summed E-state index contributed by atoms with van der Waals surface area (Å²) in [5, 5.41) is 3.25. The standard InChI is InChI=1S/C19H21ClN2O4S/c1-2-26-16-9-7-15(8-10-16)21-19(23)18-4-3-13-22(18)27(24,25)17-11-5-14(20)6-12-17/h5-12,18H,2-4,13H2,1H3,(H,21,23). The van der Waals surface area contributed by atoms with E-state index in [1.807, 2.05) is 6.92 Å². The second kappa shape index (κ2) is 8.29. The minimum atomic E-state index is -3.76. The molecule has 1 atom stereocenters. The fourth-order valence-corrected chi connectivity index (χ4v) is 4.84. The van der Waals surface area contributed by atoms with Crippen LogP contribution in [-0.4, -0.2) is 37.8 Å². The van der Waals surface area contributed by atoms with Crippen molar-refractivity contribution >= 4 is 33.2 Å². The van der Waals surface area contributed by atoms with Gasteiger partial charge in [-0.25, -0.2) is 8.42 Å². The average molecular weight is 409 g/mol. The maximum absolute atomic E-state index is 12.9. The number of nitrogens with zero attached hydrogens (tertiary/aromatic N) is 1. The number of sulfonamides is 1. The molecular weight excluding hydrogens is 388 g/mol. The molecule has 1 unspecified atom stereocenters. The van der Waals surface area contributed by atoms with E-state index in [1.54, 1.807) is 24.3 Å². The van der Waals surface area contributed by atoms with Crippen LogP contribution in [0.5, 0.6) is 5.75 Å². The molecule has 1 aliphatic heterocycles. The first-order chi connectivity index (χ1) is 12.9. The Hall–Kier alpha value is -2.09. The highest BCUT2D eigenvalue weighted by molar-refractivity contribution is 7.89. The molecule has 1 saturated heterocycles. The summed E-state index contributed by atoms with van der Waals surface area (Å²) in [7, 11) is -3.76. The summed E-state index contributed by atoms with van der Waals surface area (Å²) < 4.78 is 32.5. The first-order valence-electron chi connectivity index (χ1n) is 8.73. The highest BCUT2D eigenvalue weighted by Crippen LogP contribution is 2.28. The summed E-state index contributed by atoms with van der Waals surface area (Å²) >= 11 is 5.84. The third kappa shape index (κ3) is 4.43. The third-order valence-electron chi connectivity index (χ3n) is 4.36. The van der Waals surface area contributed by atoms with Gasteiger partial charge in [0.25, 0.3) is 0 Å². The largest absolute Gasteiger partial charge is 0.494 e. The molecule has 0 saturated carbocycles. The van der Waals surface area contributed by atoms with E-state index in [9.17, 15) is 13.2 Å². The number of hydrogen-bond donors (Lipinski definition) is 1. The van der Waals surface area contributed by atoms with Gasteiger partial charge in [-0.15, -0.1) is 0 Å². The van der Waals surface area contributed by atoms with Crippen molar-refractivity contribution in [1.29, 1.82) is 0 Å². The number of rotatable bonds is 6. The van der Waals surface area contributed by atoms with Gasteiger partial charge >= 0.3 is 0 Å². The second-order valence-corrected chi connectivity index (χ2v) is 8.50. The van der Waals surface area contributed by atoms with E-state index in [0.29, 0.717) is 42.5 Å². The molecule has 27 heavy (non-hydrogen) atoms. The number of benzene rings is 2. The van der Waals surface area contributed by atoms with Gasteiger partial charge in [0, 0.05) is 17.3 Å². The van der Waals surface area contributed by atoms with Crippen molar-refractivity contribution in [1.82, 2.24) is 4.31 Å². The van der Waals surface area contributed by atoms with Crippen LogP contribution in [0, 0.1) is 0 Å². The summed E-state index contributed by atoms with van der Waals surface area (Å²) in [5.74, 6) is 0.373. The lowest BCUT2D eigenvalue weighted by Crippen LogP contribution is -2.43. The van der Waals surface area contributed by atoms with E-state index in [-0.39, 0.29) is 10.8 Å². The number of halogens is 1. The van der Waals surface area contributed by atoms with Gasteiger partial charge in [-0.1, -0.05) is 11.6 Å². The molecule has 144 valence electrons. The summed E-state index contributed by atoms with van der Waals surface area (Å²) in [6, 6.07) is 12.2. The molecule has 0 bridgehead atoms. The molecule has 6 nitrogen and oxygen atoms in total. The summed E-state index contributed by atoms with van der Waals surface area (Å²) in [5.41, 5.74) is 0.596. The van der Waals surface area contributed by atoms with Gasteiger partial charge in [0.15, 0.2) is 0 Å². The molecule has 0 spiro atoms. The molecule has 2 aromatic rings. The Morgan fingerprint density at radius 3 is 2.48 bits per heavy atom. The quantitative estimate of drug-likeness (QED) is 0.793. The number of ether oxygens (including phenoxy) is 1. The number of anilines is 1. The smallest absolute Gasteiger partial charge is 0.243 e. The van der Waals surface area contributed by atoms with Gasteiger partial charge in [-0.05, 0) is 68.3 Å². The van der Waals surface area contributed by atoms with Crippen LogP contribution in [0.2, 0.25) is 5.02 Å². The van der Waals surface area contributed by atoms with Crippen LogP contribution in [0.25, 0.3) is 0 Å². The van der Waals surface area contributed by atoms with Gasteiger partial charge in [0.2, 0.25) is 15.9 Å². The lowest BCUT2D eigenvalue weighted by atomic mass is 10.2. The maximum atomic E-state index is 12.9. The molecule has 1 amide bonds. The minimum Gasteiger partial charge on any atom is -0.494 e. The Labute approximate surface area is 164 Å². The third-order valence-corrected chi connectivity index (χ3v) is 6.53. The number of carbonyl (C=O) groups excluding carboxylic acids is 1. The van der Waals surface area contributed by atoms with Crippen LogP contribution >= 0.6 is 11.6 Å². The predicted octanol–water partition coefficient (Wildman–Crippen LogP) is 3.53. The summed E-state index contributed by atoms with van der Waals surface area (Å²) in [6.07, 6.45) is 1.11. The average Bonchev–Trinajstić information content (AvgIpc) is 3.15. The molecule has 2 aromatic carbocycles. The zero-order chi connectivity index (χ0) is 19.4. The number of amides is 1. The van der Waals surface area contributed by atoms with Crippen LogP contribution in [0.4, 0.5) is 5.69 Å².